The molecule has 4 rings (SSSR count). The van der Waals surface area contributed by atoms with Crippen LogP contribution >= 0.6 is 0 Å². The molecule has 11 nitrogen and oxygen atoms in total. The summed E-state index contributed by atoms with van der Waals surface area (Å²) in [6, 6.07) is 7.73. The van der Waals surface area contributed by atoms with E-state index in [2.05, 4.69) is 51.5 Å². The molecule has 3 aromatic heterocycles. The number of anilines is 1. The predicted molar refractivity (Wildman–Crippen MR) is 145 cm³/mol. The van der Waals surface area contributed by atoms with Crippen molar-refractivity contribution in [1.29, 1.82) is 0 Å². The first-order chi connectivity index (χ1) is 17.8. The van der Waals surface area contributed by atoms with Crippen LogP contribution < -0.4 is 10.1 Å². The van der Waals surface area contributed by atoms with Gasteiger partial charge >= 0.3 is 6.09 Å². The minimum Gasteiger partial charge on any atom is -0.480 e. The summed E-state index contributed by atoms with van der Waals surface area (Å²) in [4.78, 5) is 20.9. The number of likely N-dealkylation sites (tertiary alicyclic amines) is 1. The van der Waals surface area contributed by atoms with Crippen LogP contribution in [0.5, 0.6) is 5.88 Å². The molecule has 0 radical (unpaired) electrons. The molecular weight excluding hydrogens is 484 g/mol. The van der Waals surface area contributed by atoms with Crippen molar-refractivity contribution in [3.05, 3.63) is 30.5 Å². The van der Waals surface area contributed by atoms with E-state index in [9.17, 15) is 4.79 Å². The number of aryl methyl sites for hydroxylation is 1. The van der Waals surface area contributed by atoms with Gasteiger partial charge in [0.05, 0.1) is 24.6 Å². The van der Waals surface area contributed by atoms with Gasteiger partial charge in [0.25, 0.3) is 0 Å². The largest absolute Gasteiger partial charge is 0.480 e. The van der Waals surface area contributed by atoms with E-state index >= 15 is 0 Å². The molecule has 1 amide bonds. The van der Waals surface area contributed by atoms with E-state index in [1.165, 1.54) is 4.80 Å². The van der Waals surface area contributed by atoms with Crippen LogP contribution in [0.4, 0.5) is 10.6 Å². The zero-order valence-corrected chi connectivity index (χ0v) is 23.5. The fraction of sp³-hybridized carbons (Fsp3) is 0.556. The normalized spacial score (nSPS) is 18.3. The average Bonchev–Trinajstić information content (AvgIpc) is 3.28. The number of amides is 1. The summed E-state index contributed by atoms with van der Waals surface area (Å²) in [5.74, 6) is 1.12. The minimum atomic E-state index is -0.527. The number of hydrogen-bond donors (Lipinski definition) is 1. The van der Waals surface area contributed by atoms with Crippen LogP contribution in [0.25, 0.3) is 22.6 Å². The third kappa shape index (κ3) is 6.38. The second-order valence-corrected chi connectivity index (χ2v) is 11.7. The number of carbonyl (C=O) groups excluding carboxylic acids is 1. The van der Waals surface area contributed by atoms with Gasteiger partial charge < -0.3 is 19.7 Å². The maximum atomic E-state index is 12.9. The highest BCUT2D eigenvalue weighted by molar-refractivity contribution is 5.69. The Hall–Kier alpha value is -3.76. The summed E-state index contributed by atoms with van der Waals surface area (Å²) in [6.07, 6.45) is 2.99. The quantitative estimate of drug-likeness (QED) is 0.514. The van der Waals surface area contributed by atoms with Crippen LogP contribution in [-0.2, 0) is 11.8 Å². The van der Waals surface area contributed by atoms with Crippen molar-refractivity contribution < 1.29 is 14.3 Å². The first kappa shape index (κ1) is 27.3. The second kappa shape index (κ2) is 10.5. The number of carbonyl (C=O) groups is 1. The molecule has 1 aliphatic rings. The Kier molecular flexibility index (Phi) is 7.57. The van der Waals surface area contributed by atoms with Gasteiger partial charge in [0.2, 0.25) is 5.88 Å². The lowest BCUT2D eigenvalue weighted by Gasteiger charge is -2.46. The molecule has 11 heteroatoms. The van der Waals surface area contributed by atoms with Gasteiger partial charge in [-0.3, -0.25) is 0 Å². The Bertz CT molecular complexity index is 1260. The van der Waals surface area contributed by atoms with Crippen molar-refractivity contribution in [3.8, 4) is 28.5 Å². The molecule has 1 N–H and O–H groups in total. The summed E-state index contributed by atoms with van der Waals surface area (Å²) in [5.41, 5.74) is 2.08. The molecule has 2 atom stereocenters. The van der Waals surface area contributed by atoms with E-state index in [1.54, 1.807) is 20.4 Å². The number of aromatic nitrogens is 6. The first-order valence-electron chi connectivity index (χ1n) is 12.9. The summed E-state index contributed by atoms with van der Waals surface area (Å²) >= 11 is 0. The molecule has 0 saturated carbocycles. The molecule has 1 aliphatic heterocycles. The van der Waals surface area contributed by atoms with Crippen molar-refractivity contribution >= 4 is 11.9 Å². The molecule has 2 unspecified atom stereocenters. The van der Waals surface area contributed by atoms with Gasteiger partial charge in [-0.25, -0.2) is 9.78 Å². The summed E-state index contributed by atoms with van der Waals surface area (Å²) in [5, 5.41) is 20.8. The molecule has 204 valence electrons. The van der Waals surface area contributed by atoms with Crippen LogP contribution in [0.1, 0.15) is 54.4 Å². The Morgan fingerprint density at radius 2 is 1.76 bits per heavy atom. The van der Waals surface area contributed by atoms with Crippen molar-refractivity contribution in [1.82, 2.24) is 35.1 Å². The van der Waals surface area contributed by atoms with Crippen LogP contribution in [-0.4, -0.2) is 72.5 Å². The lowest BCUT2D eigenvalue weighted by molar-refractivity contribution is -0.00870. The lowest BCUT2D eigenvalue weighted by atomic mass is 9.79. The molecule has 0 aliphatic carbocycles. The lowest BCUT2D eigenvalue weighted by Crippen LogP contribution is -2.55. The van der Waals surface area contributed by atoms with E-state index in [-0.39, 0.29) is 23.6 Å². The number of nitrogens with zero attached hydrogens (tertiary/aromatic N) is 7. The van der Waals surface area contributed by atoms with Gasteiger partial charge in [-0.2, -0.15) is 15.0 Å². The Labute approximate surface area is 223 Å². The van der Waals surface area contributed by atoms with Crippen molar-refractivity contribution in [2.45, 2.75) is 72.1 Å². The highest BCUT2D eigenvalue weighted by Crippen LogP contribution is 2.34. The molecule has 0 aromatic carbocycles. The minimum absolute atomic E-state index is 0.0281. The highest BCUT2D eigenvalue weighted by atomic mass is 16.6. The molecular formula is C27H38N8O3. The number of methoxy groups -OCH3 is 1. The number of nitrogens with one attached hydrogen (secondary N) is 1. The molecule has 0 bridgehead atoms. The van der Waals surface area contributed by atoms with Gasteiger partial charge in [0.1, 0.15) is 22.8 Å². The third-order valence-electron chi connectivity index (χ3n) is 6.44. The molecule has 1 saturated heterocycles. The monoisotopic (exact) mass is 522 g/mol. The van der Waals surface area contributed by atoms with Gasteiger partial charge in [0, 0.05) is 25.7 Å². The number of hydrogen-bond acceptors (Lipinski definition) is 9. The van der Waals surface area contributed by atoms with E-state index < -0.39 is 5.60 Å². The fourth-order valence-corrected chi connectivity index (χ4v) is 4.61. The van der Waals surface area contributed by atoms with E-state index in [0.717, 1.165) is 18.4 Å². The zero-order chi connectivity index (χ0) is 27.7. The van der Waals surface area contributed by atoms with Crippen LogP contribution in [0.15, 0.2) is 30.5 Å². The maximum absolute atomic E-state index is 12.9. The standard InChI is InChI=1S/C27H38N8O3/c1-26(2,3)22-15-17(13-14-35(22)25(36)38-27(4,5)6)29-23-12-11-20(31-32-23)19-10-9-18(24(30-19)37-8)21-16-28-34(7)33-21/h9-12,16-17,22H,13-15H2,1-8H3,(H,29,32). The third-order valence-corrected chi connectivity index (χ3v) is 6.44. The van der Waals surface area contributed by atoms with Gasteiger partial charge in [-0.1, -0.05) is 20.8 Å². The zero-order valence-electron chi connectivity index (χ0n) is 23.5. The summed E-state index contributed by atoms with van der Waals surface area (Å²) in [6.45, 7) is 12.8. The predicted octanol–water partition coefficient (Wildman–Crippen LogP) is 4.57. The Morgan fingerprint density at radius 1 is 1.03 bits per heavy atom. The molecule has 1 fully saturated rings. The van der Waals surface area contributed by atoms with E-state index in [4.69, 9.17) is 9.47 Å². The molecule has 38 heavy (non-hydrogen) atoms. The number of piperidine rings is 1. The fourth-order valence-electron chi connectivity index (χ4n) is 4.61. The number of rotatable bonds is 5. The molecule has 0 spiro atoms. The van der Waals surface area contributed by atoms with Gasteiger partial charge in [-0.15, -0.1) is 10.2 Å². The van der Waals surface area contributed by atoms with Crippen molar-refractivity contribution in [2.75, 3.05) is 19.0 Å². The van der Waals surface area contributed by atoms with Crippen LogP contribution in [0, 0.1) is 5.41 Å². The summed E-state index contributed by atoms with van der Waals surface area (Å²) in [7, 11) is 3.33. The first-order valence-corrected chi connectivity index (χ1v) is 12.9. The highest BCUT2D eigenvalue weighted by Gasteiger charge is 2.40. The van der Waals surface area contributed by atoms with E-state index in [0.29, 0.717) is 35.3 Å². The van der Waals surface area contributed by atoms with Gasteiger partial charge in [0.15, 0.2) is 0 Å². The van der Waals surface area contributed by atoms with Crippen molar-refractivity contribution in [2.24, 2.45) is 12.5 Å². The Balaban J connectivity index is 1.45. The smallest absolute Gasteiger partial charge is 0.410 e. The van der Waals surface area contributed by atoms with Gasteiger partial charge in [-0.05, 0) is 63.3 Å². The molecule has 3 aromatic rings. The Morgan fingerprint density at radius 3 is 2.34 bits per heavy atom. The van der Waals surface area contributed by atoms with E-state index in [1.807, 2.05) is 49.9 Å². The topological polar surface area (TPSA) is 120 Å². The van der Waals surface area contributed by atoms with Crippen LogP contribution in [0.2, 0.25) is 0 Å². The SMILES string of the molecule is COc1nc(-c2ccc(NC3CCN(C(=O)OC(C)(C)C)C(C(C)(C)C)C3)nn2)ccc1-c1cnn(C)n1. The second-order valence-electron chi connectivity index (χ2n) is 11.7. The van der Waals surface area contributed by atoms with Crippen molar-refractivity contribution in [3.63, 3.8) is 0 Å². The van der Waals surface area contributed by atoms with Crippen LogP contribution in [0.3, 0.4) is 0 Å². The summed E-state index contributed by atoms with van der Waals surface area (Å²) < 4.78 is 11.2. The maximum Gasteiger partial charge on any atom is 0.410 e. The number of pyridine rings is 1. The molecule has 4 heterocycles. The average molecular weight is 523 g/mol. The number of ether oxygens (including phenoxy) is 2.